The Bertz CT molecular complexity index is 352. The summed E-state index contributed by atoms with van der Waals surface area (Å²) in [5.41, 5.74) is 5.82. The molecule has 0 saturated heterocycles. The second kappa shape index (κ2) is 8.72. The van der Waals surface area contributed by atoms with Gasteiger partial charge in [0.25, 0.3) is 0 Å². The molecule has 0 aliphatic rings. The minimum atomic E-state index is -0.422. The Kier molecular flexibility index (Phi) is 7.22. The van der Waals surface area contributed by atoms with Crippen LogP contribution < -0.4 is 11.1 Å². The van der Waals surface area contributed by atoms with Crippen molar-refractivity contribution in [2.75, 3.05) is 13.2 Å². The number of furan rings is 1. The summed E-state index contributed by atoms with van der Waals surface area (Å²) in [5.74, 6) is 0.929. The average Bonchev–Trinajstić information content (AvgIpc) is 2.93. The summed E-state index contributed by atoms with van der Waals surface area (Å²) in [4.78, 5) is 11.7. The monoisotopic (exact) mass is 268 g/mol. The maximum Gasteiger partial charge on any atom is 0.237 e. The largest absolute Gasteiger partial charge is 0.467 e. The molecule has 1 heterocycles. The highest BCUT2D eigenvalue weighted by Gasteiger charge is 2.18. The van der Waals surface area contributed by atoms with E-state index in [1.165, 1.54) is 0 Å². The van der Waals surface area contributed by atoms with E-state index in [2.05, 4.69) is 5.32 Å². The predicted molar refractivity (Wildman–Crippen MR) is 73.4 cm³/mol. The molecule has 3 N–H and O–H groups in total. The third kappa shape index (κ3) is 5.89. The van der Waals surface area contributed by atoms with E-state index in [9.17, 15) is 4.79 Å². The SMILES string of the molecule is CCC(C)[C@H](N)C(=O)NCCCOCc1ccco1. The summed E-state index contributed by atoms with van der Waals surface area (Å²) in [5, 5.41) is 2.82. The van der Waals surface area contributed by atoms with Crippen LogP contribution in [0.15, 0.2) is 22.8 Å². The summed E-state index contributed by atoms with van der Waals surface area (Å²) in [6.07, 6.45) is 3.29. The third-order valence-corrected chi connectivity index (χ3v) is 3.15. The maximum absolute atomic E-state index is 11.7. The number of carbonyl (C=O) groups is 1. The van der Waals surface area contributed by atoms with Crippen molar-refractivity contribution >= 4 is 5.91 Å². The van der Waals surface area contributed by atoms with Crippen LogP contribution >= 0.6 is 0 Å². The van der Waals surface area contributed by atoms with Crippen LogP contribution in [-0.2, 0) is 16.1 Å². The van der Waals surface area contributed by atoms with E-state index >= 15 is 0 Å². The Labute approximate surface area is 114 Å². The molecule has 0 spiro atoms. The van der Waals surface area contributed by atoms with Gasteiger partial charge in [-0.05, 0) is 24.5 Å². The lowest BCUT2D eigenvalue weighted by molar-refractivity contribution is -0.123. The molecule has 1 amide bonds. The van der Waals surface area contributed by atoms with Crippen molar-refractivity contribution in [1.29, 1.82) is 0 Å². The molecule has 1 aromatic rings. The first-order valence-electron chi connectivity index (χ1n) is 6.78. The first-order chi connectivity index (χ1) is 9.15. The summed E-state index contributed by atoms with van der Waals surface area (Å²) in [6, 6.07) is 3.27. The molecule has 1 aromatic heterocycles. The van der Waals surface area contributed by atoms with Gasteiger partial charge in [-0.15, -0.1) is 0 Å². The second-order valence-electron chi connectivity index (χ2n) is 4.69. The lowest BCUT2D eigenvalue weighted by atomic mass is 9.99. The van der Waals surface area contributed by atoms with Gasteiger partial charge < -0.3 is 20.2 Å². The number of hydrogen-bond donors (Lipinski definition) is 2. The zero-order valence-corrected chi connectivity index (χ0v) is 11.7. The van der Waals surface area contributed by atoms with Gasteiger partial charge in [-0.1, -0.05) is 20.3 Å². The molecule has 2 atom stereocenters. The molecule has 0 saturated carbocycles. The quantitative estimate of drug-likeness (QED) is 0.668. The van der Waals surface area contributed by atoms with E-state index in [-0.39, 0.29) is 11.8 Å². The number of carbonyl (C=O) groups excluding carboxylic acids is 1. The number of nitrogens with two attached hydrogens (primary N) is 1. The van der Waals surface area contributed by atoms with Crippen molar-refractivity contribution in [1.82, 2.24) is 5.32 Å². The van der Waals surface area contributed by atoms with Gasteiger partial charge in [0.1, 0.15) is 12.4 Å². The van der Waals surface area contributed by atoms with E-state index in [0.29, 0.717) is 19.8 Å². The maximum atomic E-state index is 11.7. The van der Waals surface area contributed by atoms with Crippen molar-refractivity contribution in [3.05, 3.63) is 24.2 Å². The summed E-state index contributed by atoms with van der Waals surface area (Å²) >= 11 is 0. The van der Waals surface area contributed by atoms with Crippen LogP contribution in [0, 0.1) is 5.92 Å². The number of amides is 1. The number of nitrogens with one attached hydrogen (secondary N) is 1. The fourth-order valence-corrected chi connectivity index (χ4v) is 1.58. The average molecular weight is 268 g/mol. The molecule has 0 bridgehead atoms. The summed E-state index contributed by atoms with van der Waals surface area (Å²) in [6.45, 7) is 5.64. The molecule has 5 heteroatoms. The number of ether oxygens (including phenoxy) is 1. The van der Waals surface area contributed by atoms with E-state index in [0.717, 1.165) is 18.6 Å². The van der Waals surface area contributed by atoms with Gasteiger partial charge in [0.05, 0.1) is 12.3 Å². The first-order valence-corrected chi connectivity index (χ1v) is 6.78. The molecule has 1 unspecified atom stereocenters. The molecular formula is C14H24N2O3. The van der Waals surface area contributed by atoms with Crippen molar-refractivity contribution in [2.24, 2.45) is 11.7 Å². The normalized spacial score (nSPS) is 14.1. The third-order valence-electron chi connectivity index (χ3n) is 3.15. The Balaban J connectivity index is 2.02. The van der Waals surface area contributed by atoms with Gasteiger partial charge in [0, 0.05) is 13.2 Å². The van der Waals surface area contributed by atoms with Crippen molar-refractivity contribution in [3.63, 3.8) is 0 Å². The van der Waals surface area contributed by atoms with Crippen molar-refractivity contribution < 1.29 is 13.9 Å². The zero-order chi connectivity index (χ0) is 14.1. The summed E-state index contributed by atoms with van der Waals surface area (Å²) < 4.78 is 10.5. The van der Waals surface area contributed by atoms with E-state index in [1.807, 2.05) is 26.0 Å². The van der Waals surface area contributed by atoms with Crippen molar-refractivity contribution in [3.8, 4) is 0 Å². The Morgan fingerprint density at radius 3 is 3.00 bits per heavy atom. The van der Waals surface area contributed by atoms with Gasteiger partial charge in [-0.25, -0.2) is 0 Å². The topological polar surface area (TPSA) is 77.5 Å². The van der Waals surface area contributed by atoms with E-state index in [1.54, 1.807) is 6.26 Å². The molecule has 0 fully saturated rings. The minimum Gasteiger partial charge on any atom is -0.467 e. The molecule has 0 aliphatic carbocycles. The highest BCUT2D eigenvalue weighted by Crippen LogP contribution is 2.05. The Hall–Kier alpha value is -1.33. The molecule has 108 valence electrons. The highest BCUT2D eigenvalue weighted by atomic mass is 16.5. The number of rotatable bonds is 9. The van der Waals surface area contributed by atoms with Gasteiger partial charge in [-0.2, -0.15) is 0 Å². The van der Waals surface area contributed by atoms with Gasteiger partial charge >= 0.3 is 0 Å². The van der Waals surface area contributed by atoms with E-state index in [4.69, 9.17) is 14.9 Å². The highest BCUT2D eigenvalue weighted by molar-refractivity contribution is 5.81. The van der Waals surface area contributed by atoms with Crippen LogP contribution in [0.4, 0.5) is 0 Å². The molecule has 0 radical (unpaired) electrons. The molecule has 1 rings (SSSR count). The van der Waals surface area contributed by atoms with Crippen LogP contribution in [0.5, 0.6) is 0 Å². The fourth-order valence-electron chi connectivity index (χ4n) is 1.58. The molecule has 5 nitrogen and oxygen atoms in total. The van der Waals surface area contributed by atoms with Gasteiger partial charge in [-0.3, -0.25) is 4.79 Å². The standard InChI is InChI=1S/C14H24N2O3/c1-3-11(2)13(15)14(17)16-7-5-8-18-10-12-6-4-9-19-12/h4,6,9,11,13H,3,5,7-8,10,15H2,1-2H3,(H,16,17)/t11?,13-/m0/s1. The Morgan fingerprint density at radius 2 is 2.37 bits per heavy atom. The lowest BCUT2D eigenvalue weighted by Crippen LogP contribution is -2.44. The molecule has 19 heavy (non-hydrogen) atoms. The zero-order valence-electron chi connectivity index (χ0n) is 11.7. The van der Waals surface area contributed by atoms with Crippen LogP contribution in [0.1, 0.15) is 32.4 Å². The molecular weight excluding hydrogens is 244 g/mol. The molecule has 0 aromatic carbocycles. The van der Waals surface area contributed by atoms with E-state index < -0.39 is 6.04 Å². The van der Waals surface area contributed by atoms with Crippen LogP contribution in [0.2, 0.25) is 0 Å². The second-order valence-corrected chi connectivity index (χ2v) is 4.69. The molecule has 0 aliphatic heterocycles. The lowest BCUT2D eigenvalue weighted by Gasteiger charge is -2.17. The fraction of sp³-hybridized carbons (Fsp3) is 0.643. The van der Waals surface area contributed by atoms with Gasteiger partial charge in [0.15, 0.2) is 0 Å². The van der Waals surface area contributed by atoms with Crippen LogP contribution in [0.25, 0.3) is 0 Å². The van der Waals surface area contributed by atoms with Crippen LogP contribution in [-0.4, -0.2) is 25.1 Å². The first kappa shape index (κ1) is 15.7. The Morgan fingerprint density at radius 1 is 1.58 bits per heavy atom. The van der Waals surface area contributed by atoms with Crippen LogP contribution in [0.3, 0.4) is 0 Å². The summed E-state index contributed by atoms with van der Waals surface area (Å²) in [7, 11) is 0. The smallest absolute Gasteiger partial charge is 0.237 e. The number of hydrogen-bond acceptors (Lipinski definition) is 4. The minimum absolute atomic E-state index is 0.0830. The van der Waals surface area contributed by atoms with Gasteiger partial charge in [0.2, 0.25) is 5.91 Å². The van der Waals surface area contributed by atoms with Crippen molar-refractivity contribution in [2.45, 2.75) is 39.3 Å². The predicted octanol–water partition coefficient (Wildman–Crippen LogP) is 1.68.